The quantitative estimate of drug-likeness (QED) is 0.712. The summed E-state index contributed by atoms with van der Waals surface area (Å²) in [5.74, 6) is -0.0134. The molecule has 1 atom stereocenters. The molecule has 2 N–H and O–H groups in total. The van der Waals surface area contributed by atoms with Crippen molar-refractivity contribution in [3.8, 4) is 0 Å². The maximum atomic E-state index is 12.1. The minimum atomic E-state index is -0.0862. The molecular formula is C17H27BrN3O2+. The number of carbonyl (C=O) groups excluding carboxylic acids is 2. The Hall–Kier alpha value is -1.40. The maximum absolute atomic E-state index is 12.1. The first kappa shape index (κ1) is 19.6. The van der Waals surface area contributed by atoms with Gasteiger partial charge in [0.15, 0.2) is 13.1 Å². The third kappa shape index (κ3) is 7.14. The van der Waals surface area contributed by atoms with Crippen molar-refractivity contribution in [2.75, 3.05) is 39.0 Å². The molecule has 0 fully saturated rings. The van der Waals surface area contributed by atoms with E-state index in [4.69, 9.17) is 0 Å². The number of nitrogens with zero attached hydrogens (tertiary/aromatic N) is 1. The number of hydrogen-bond acceptors (Lipinski definition) is 2. The molecule has 1 rings (SSSR count). The average Bonchev–Trinajstić information content (AvgIpc) is 2.47. The molecule has 0 radical (unpaired) electrons. The molecule has 6 heteroatoms. The van der Waals surface area contributed by atoms with Gasteiger partial charge in [-0.3, -0.25) is 9.59 Å². The molecule has 1 aromatic rings. The van der Waals surface area contributed by atoms with E-state index in [2.05, 4.69) is 28.2 Å². The first-order valence-corrected chi connectivity index (χ1v) is 8.74. The van der Waals surface area contributed by atoms with Crippen LogP contribution in [-0.2, 0) is 9.59 Å². The normalized spacial score (nSPS) is 11.9. The summed E-state index contributed by atoms with van der Waals surface area (Å²) in [5.41, 5.74) is 1.80. The monoisotopic (exact) mass is 384 g/mol. The lowest BCUT2D eigenvalue weighted by molar-refractivity contribution is -0.862. The van der Waals surface area contributed by atoms with Gasteiger partial charge in [0.25, 0.3) is 11.8 Å². The van der Waals surface area contributed by atoms with E-state index in [1.165, 1.54) is 0 Å². The Balaban J connectivity index is 2.45. The molecule has 0 aromatic heterocycles. The van der Waals surface area contributed by atoms with Crippen molar-refractivity contribution in [1.29, 1.82) is 0 Å². The predicted molar refractivity (Wildman–Crippen MR) is 96.7 cm³/mol. The predicted octanol–water partition coefficient (Wildman–Crippen LogP) is 1.47. The van der Waals surface area contributed by atoms with Crippen LogP contribution in [0, 0.1) is 6.92 Å². The van der Waals surface area contributed by atoms with Crippen LogP contribution >= 0.6 is 15.9 Å². The Bertz CT molecular complexity index is 549. The van der Waals surface area contributed by atoms with Crippen LogP contribution < -0.4 is 10.2 Å². The largest absolute Gasteiger partial charge is 0.341 e. The second-order valence-corrected chi connectivity index (χ2v) is 6.90. The van der Waals surface area contributed by atoms with E-state index in [1.54, 1.807) is 4.90 Å². The van der Waals surface area contributed by atoms with Crippen molar-refractivity contribution in [1.82, 2.24) is 4.90 Å². The average molecular weight is 385 g/mol. The minimum Gasteiger partial charge on any atom is -0.341 e. The summed E-state index contributed by atoms with van der Waals surface area (Å²) in [6.45, 7) is 5.41. The lowest BCUT2D eigenvalue weighted by Gasteiger charge is -2.19. The molecule has 0 saturated carbocycles. The number of quaternary nitrogens is 1. The van der Waals surface area contributed by atoms with Crippen molar-refractivity contribution in [2.45, 2.75) is 26.7 Å². The van der Waals surface area contributed by atoms with Crippen LogP contribution in [0.3, 0.4) is 0 Å². The van der Waals surface area contributed by atoms with Gasteiger partial charge in [0, 0.05) is 23.8 Å². The van der Waals surface area contributed by atoms with E-state index >= 15 is 0 Å². The summed E-state index contributed by atoms with van der Waals surface area (Å²) >= 11 is 3.40. The smallest absolute Gasteiger partial charge is 0.279 e. The molecule has 0 aliphatic carbocycles. The number of benzene rings is 1. The van der Waals surface area contributed by atoms with Crippen LogP contribution in [-0.4, -0.2) is 50.4 Å². The SMILES string of the molecule is CCCCN(C)C(=O)C[NH+](C)CC(=O)Nc1ccc(Br)cc1C. The summed E-state index contributed by atoms with van der Waals surface area (Å²) < 4.78 is 0.983. The van der Waals surface area contributed by atoms with Crippen LogP contribution in [0.1, 0.15) is 25.3 Å². The zero-order valence-electron chi connectivity index (χ0n) is 14.4. The van der Waals surface area contributed by atoms with Crippen molar-refractivity contribution in [3.05, 3.63) is 28.2 Å². The molecule has 5 nitrogen and oxygen atoms in total. The zero-order valence-corrected chi connectivity index (χ0v) is 16.0. The zero-order chi connectivity index (χ0) is 17.4. The highest BCUT2D eigenvalue weighted by atomic mass is 79.9. The number of hydrogen-bond donors (Lipinski definition) is 2. The van der Waals surface area contributed by atoms with Gasteiger partial charge in [-0.05, 0) is 37.1 Å². The summed E-state index contributed by atoms with van der Waals surface area (Å²) in [6, 6.07) is 5.72. The number of nitrogens with one attached hydrogen (secondary N) is 2. The molecule has 0 aliphatic heterocycles. The number of rotatable bonds is 8. The Morgan fingerprint density at radius 3 is 2.61 bits per heavy atom. The van der Waals surface area contributed by atoms with Gasteiger partial charge < -0.3 is 15.1 Å². The van der Waals surface area contributed by atoms with Gasteiger partial charge in [-0.1, -0.05) is 29.3 Å². The Kier molecular flexibility index (Phi) is 8.26. The molecule has 0 spiro atoms. The summed E-state index contributed by atoms with van der Waals surface area (Å²) in [5, 5.41) is 2.90. The van der Waals surface area contributed by atoms with Gasteiger partial charge in [-0.15, -0.1) is 0 Å². The highest BCUT2D eigenvalue weighted by Crippen LogP contribution is 2.19. The van der Waals surface area contributed by atoms with Crippen LogP contribution in [0.5, 0.6) is 0 Å². The van der Waals surface area contributed by atoms with Crippen molar-refractivity contribution < 1.29 is 14.5 Å². The maximum Gasteiger partial charge on any atom is 0.279 e. The van der Waals surface area contributed by atoms with E-state index < -0.39 is 0 Å². The molecule has 2 amide bonds. The summed E-state index contributed by atoms with van der Waals surface area (Å²) in [4.78, 5) is 26.8. The van der Waals surface area contributed by atoms with E-state index in [1.807, 2.05) is 39.2 Å². The third-order valence-electron chi connectivity index (χ3n) is 3.65. The second kappa shape index (κ2) is 9.67. The van der Waals surface area contributed by atoms with E-state index in [0.717, 1.165) is 40.0 Å². The molecule has 0 saturated heterocycles. The van der Waals surface area contributed by atoms with Gasteiger partial charge in [0.05, 0.1) is 7.05 Å². The fraction of sp³-hybridized carbons (Fsp3) is 0.529. The van der Waals surface area contributed by atoms with Crippen molar-refractivity contribution in [3.63, 3.8) is 0 Å². The highest BCUT2D eigenvalue weighted by Gasteiger charge is 2.17. The number of carbonyl (C=O) groups is 2. The number of anilines is 1. The van der Waals surface area contributed by atoms with Gasteiger partial charge >= 0.3 is 0 Å². The highest BCUT2D eigenvalue weighted by molar-refractivity contribution is 9.10. The molecule has 1 unspecified atom stereocenters. The molecule has 1 aromatic carbocycles. The fourth-order valence-electron chi connectivity index (χ4n) is 2.21. The van der Waals surface area contributed by atoms with Gasteiger partial charge in [0.2, 0.25) is 0 Å². The van der Waals surface area contributed by atoms with Gasteiger partial charge in [-0.25, -0.2) is 0 Å². The van der Waals surface area contributed by atoms with Gasteiger partial charge in [-0.2, -0.15) is 0 Å². The molecule has 23 heavy (non-hydrogen) atoms. The van der Waals surface area contributed by atoms with Crippen molar-refractivity contribution >= 4 is 33.4 Å². The number of amides is 2. The third-order valence-corrected chi connectivity index (χ3v) is 4.14. The minimum absolute atomic E-state index is 0.0728. The summed E-state index contributed by atoms with van der Waals surface area (Å²) in [6.07, 6.45) is 2.07. The standard InChI is InChI=1S/C17H26BrN3O2/c1-5-6-9-21(4)17(23)12-20(3)11-16(22)19-15-8-7-14(18)10-13(15)2/h7-8,10H,5-6,9,11-12H2,1-4H3,(H,19,22)/p+1. The first-order valence-electron chi connectivity index (χ1n) is 7.94. The first-order chi connectivity index (χ1) is 10.8. The molecule has 0 bridgehead atoms. The van der Waals surface area contributed by atoms with Crippen LogP contribution in [0.25, 0.3) is 0 Å². The van der Waals surface area contributed by atoms with Crippen LogP contribution in [0.4, 0.5) is 5.69 Å². The van der Waals surface area contributed by atoms with Gasteiger partial charge in [0.1, 0.15) is 0 Å². The molecular weight excluding hydrogens is 358 g/mol. The molecule has 0 heterocycles. The summed E-state index contributed by atoms with van der Waals surface area (Å²) in [7, 11) is 3.68. The number of halogens is 1. The van der Waals surface area contributed by atoms with E-state index in [-0.39, 0.29) is 18.4 Å². The Morgan fingerprint density at radius 2 is 2.00 bits per heavy atom. The number of aryl methyl sites for hydroxylation is 1. The molecule has 0 aliphatic rings. The second-order valence-electron chi connectivity index (χ2n) is 5.99. The Labute approximate surface area is 147 Å². The van der Waals surface area contributed by atoms with E-state index in [0.29, 0.717) is 6.54 Å². The number of likely N-dealkylation sites (N-methyl/N-ethyl adjacent to an activating group) is 2. The van der Waals surface area contributed by atoms with Crippen LogP contribution in [0.15, 0.2) is 22.7 Å². The molecule has 128 valence electrons. The number of unbranched alkanes of at least 4 members (excludes halogenated alkanes) is 1. The lowest BCUT2D eigenvalue weighted by Crippen LogP contribution is -3.11. The fourth-order valence-corrected chi connectivity index (χ4v) is 2.69. The lowest BCUT2D eigenvalue weighted by atomic mass is 10.2. The topological polar surface area (TPSA) is 53.9 Å². The van der Waals surface area contributed by atoms with Crippen molar-refractivity contribution in [2.24, 2.45) is 0 Å². The Morgan fingerprint density at radius 1 is 1.30 bits per heavy atom. The van der Waals surface area contributed by atoms with E-state index in [9.17, 15) is 9.59 Å². The van der Waals surface area contributed by atoms with Crippen LogP contribution in [0.2, 0.25) is 0 Å².